The maximum atomic E-state index is 5.29. The van der Waals surface area contributed by atoms with E-state index >= 15 is 0 Å². The molecule has 0 radical (unpaired) electrons. The van der Waals surface area contributed by atoms with Gasteiger partial charge in [0.15, 0.2) is 0 Å². The van der Waals surface area contributed by atoms with E-state index < -0.39 is 0 Å². The summed E-state index contributed by atoms with van der Waals surface area (Å²) in [7, 11) is 0. The van der Waals surface area contributed by atoms with Gasteiger partial charge < -0.3 is 15.0 Å². The molecule has 0 amide bonds. The molecule has 0 atom stereocenters. The molecule has 0 saturated carbocycles. The molecule has 3 aromatic carbocycles. The summed E-state index contributed by atoms with van der Waals surface area (Å²) in [5.41, 5.74) is 9.70. The van der Waals surface area contributed by atoms with Gasteiger partial charge in [0.1, 0.15) is 0 Å². The molecule has 7 aromatic heterocycles. The zero-order valence-corrected chi connectivity index (χ0v) is 20.5. The molecule has 0 aliphatic heterocycles. The molecule has 0 spiro atoms. The molecule has 39 heavy (non-hydrogen) atoms. The molecular weight excluding hydrogens is 480 g/mol. The van der Waals surface area contributed by atoms with Crippen LogP contribution in [-0.4, -0.2) is 29.9 Å². The maximum Gasteiger partial charge on any atom is 0.0972 e. The topological polar surface area (TPSA) is 86.0 Å². The van der Waals surface area contributed by atoms with Gasteiger partial charge in [0, 0.05) is 72.0 Å². The molecule has 3 N–H and O–H groups in total. The lowest BCUT2D eigenvalue weighted by atomic mass is 10.1. The van der Waals surface area contributed by atoms with E-state index in [9.17, 15) is 0 Å². The Morgan fingerprint density at radius 3 is 1.87 bits per heavy atom. The average molecular weight is 499 g/mol. The molecule has 8 bridgehead atoms. The summed E-state index contributed by atoms with van der Waals surface area (Å²) in [6.07, 6.45) is 3.97. The van der Waals surface area contributed by atoms with E-state index in [1.54, 1.807) is 0 Å². The Morgan fingerprint density at radius 2 is 1.13 bits per heavy atom. The fourth-order valence-electron chi connectivity index (χ4n) is 6.47. The zero-order valence-electron chi connectivity index (χ0n) is 20.5. The van der Waals surface area contributed by atoms with Crippen molar-refractivity contribution in [3.05, 3.63) is 91.3 Å². The molecule has 10 rings (SSSR count). The van der Waals surface area contributed by atoms with E-state index in [1.165, 1.54) is 0 Å². The van der Waals surface area contributed by atoms with Gasteiger partial charge in [-0.2, -0.15) is 0 Å². The van der Waals surface area contributed by atoms with E-state index in [-0.39, 0.29) is 0 Å². The van der Waals surface area contributed by atoms with Crippen molar-refractivity contribution in [2.75, 3.05) is 0 Å². The quantitative estimate of drug-likeness (QED) is 0.184. The second-order valence-electron chi connectivity index (χ2n) is 10.4. The lowest BCUT2D eigenvalue weighted by Gasteiger charge is -2.06. The standard InChI is InChI=1S/C33H18N6/c1-2-17-4-6-25-29-23-8-10-35-27(23)14-19-12-21(37-31(19)29)15-20-11-18-13-26-22(7-9-34-26)28(30(18)36-20)24-5-3-16(1)32(38-24)33(17)39-25/h1-15,34-36H. The summed E-state index contributed by atoms with van der Waals surface area (Å²) in [5, 5.41) is 8.72. The first-order valence-corrected chi connectivity index (χ1v) is 13.0. The van der Waals surface area contributed by atoms with Crippen LogP contribution in [0.5, 0.6) is 0 Å². The van der Waals surface area contributed by atoms with Crippen molar-refractivity contribution in [2.24, 2.45) is 0 Å². The highest BCUT2D eigenvalue weighted by Gasteiger charge is 2.14. The number of fused-ring (bicyclic) bond motifs is 10. The van der Waals surface area contributed by atoms with Crippen LogP contribution in [0.4, 0.5) is 0 Å². The summed E-state index contributed by atoms with van der Waals surface area (Å²) in [4.78, 5) is 26.2. The predicted octanol–water partition coefficient (Wildman–Crippen LogP) is 8.23. The SMILES string of the molecule is c1cc2c(cc3cc4cc5cc6cc7[nH]ccc7c(c7ccc8ccc9ccc(nc9c8n7)c2c3n4)c6[nH]5)[nH]1. The lowest BCUT2D eigenvalue weighted by Crippen LogP contribution is -1.88. The highest BCUT2D eigenvalue weighted by Crippen LogP contribution is 2.36. The summed E-state index contributed by atoms with van der Waals surface area (Å²) in [6, 6.07) is 27.9. The van der Waals surface area contributed by atoms with Gasteiger partial charge in [-0.1, -0.05) is 24.3 Å². The third-order valence-corrected chi connectivity index (χ3v) is 8.21. The van der Waals surface area contributed by atoms with Crippen LogP contribution < -0.4 is 0 Å². The average Bonchev–Trinajstić information content (AvgIpc) is 3.75. The van der Waals surface area contributed by atoms with E-state index in [2.05, 4.69) is 93.8 Å². The number of H-pyrrole nitrogens is 3. The summed E-state index contributed by atoms with van der Waals surface area (Å²) < 4.78 is 0. The van der Waals surface area contributed by atoms with Crippen molar-refractivity contribution in [3.8, 4) is 0 Å². The van der Waals surface area contributed by atoms with Crippen LogP contribution >= 0.6 is 0 Å². The highest BCUT2D eigenvalue weighted by atomic mass is 14.8. The largest absolute Gasteiger partial charge is 0.361 e. The molecule has 7 heterocycles. The molecule has 10 aromatic rings. The maximum absolute atomic E-state index is 5.29. The first kappa shape index (κ1) is 19.6. The number of aromatic nitrogens is 6. The molecule has 0 unspecified atom stereocenters. The first-order valence-electron chi connectivity index (χ1n) is 13.0. The third-order valence-electron chi connectivity index (χ3n) is 8.21. The van der Waals surface area contributed by atoms with Crippen LogP contribution in [0.15, 0.2) is 91.3 Å². The molecule has 6 heteroatoms. The van der Waals surface area contributed by atoms with Gasteiger partial charge in [0.2, 0.25) is 0 Å². The fourth-order valence-corrected chi connectivity index (χ4v) is 6.47. The minimum Gasteiger partial charge on any atom is -0.361 e. The molecule has 0 aliphatic rings. The van der Waals surface area contributed by atoms with Gasteiger partial charge in [-0.3, -0.25) is 0 Å². The highest BCUT2D eigenvalue weighted by molar-refractivity contribution is 6.22. The summed E-state index contributed by atoms with van der Waals surface area (Å²) >= 11 is 0. The fraction of sp³-hybridized carbons (Fsp3) is 0. The van der Waals surface area contributed by atoms with Crippen LogP contribution in [0.3, 0.4) is 0 Å². The van der Waals surface area contributed by atoms with Crippen molar-refractivity contribution in [3.63, 3.8) is 0 Å². The number of hydrogen-bond donors (Lipinski definition) is 3. The number of aromatic amines is 3. The van der Waals surface area contributed by atoms with E-state index in [0.717, 1.165) is 98.3 Å². The Balaban J connectivity index is 1.56. The Kier molecular flexibility index (Phi) is 3.36. The summed E-state index contributed by atoms with van der Waals surface area (Å²) in [5.74, 6) is 0. The number of hydrogen-bond acceptors (Lipinski definition) is 3. The Bertz CT molecular complexity index is 2490. The molecular formula is C33H18N6. The van der Waals surface area contributed by atoms with Crippen LogP contribution in [0.2, 0.25) is 0 Å². The monoisotopic (exact) mass is 498 g/mol. The van der Waals surface area contributed by atoms with Crippen molar-refractivity contribution in [1.82, 2.24) is 29.9 Å². The van der Waals surface area contributed by atoms with Crippen molar-refractivity contribution in [1.29, 1.82) is 0 Å². The molecule has 0 aliphatic carbocycles. The van der Waals surface area contributed by atoms with Crippen LogP contribution in [0.1, 0.15) is 0 Å². The Morgan fingerprint density at radius 1 is 0.487 bits per heavy atom. The number of pyridine rings is 2. The van der Waals surface area contributed by atoms with E-state index in [1.807, 2.05) is 12.4 Å². The lowest BCUT2D eigenvalue weighted by molar-refractivity contribution is 1.46. The number of benzene rings is 3. The van der Waals surface area contributed by atoms with Crippen molar-refractivity contribution in [2.45, 2.75) is 0 Å². The Labute approximate surface area is 219 Å². The van der Waals surface area contributed by atoms with Gasteiger partial charge >= 0.3 is 0 Å². The summed E-state index contributed by atoms with van der Waals surface area (Å²) in [6.45, 7) is 0. The van der Waals surface area contributed by atoms with Crippen molar-refractivity contribution >= 4 is 98.3 Å². The molecule has 180 valence electrons. The minimum atomic E-state index is 0.894. The number of rotatable bonds is 0. The number of nitrogens with one attached hydrogen (secondary N) is 3. The van der Waals surface area contributed by atoms with Gasteiger partial charge in [-0.15, -0.1) is 0 Å². The first-order chi connectivity index (χ1) is 19.3. The van der Waals surface area contributed by atoms with E-state index in [4.69, 9.17) is 15.0 Å². The van der Waals surface area contributed by atoms with Crippen molar-refractivity contribution < 1.29 is 0 Å². The predicted molar refractivity (Wildman–Crippen MR) is 160 cm³/mol. The second kappa shape index (κ2) is 6.68. The smallest absolute Gasteiger partial charge is 0.0972 e. The van der Waals surface area contributed by atoms with Gasteiger partial charge in [0.25, 0.3) is 0 Å². The zero-order chi connectivity index (χ0) is 25.2. The van der Waals surface area contributed by atoms with E-state index in [0.29, 0.717) is 0 Å². The molecule has 0 fully saturated rings. The second-order valence-corrected chi connectivity index (χ2v) is 10.4. The van der Waals surface area contributed by atoms with Crippen LogP contribution in [-0.2, 0) is 0 Å². The number of nitrogens with zero attached hydrogens (tertiary/aromatic N) is 3. The Hall–Kier alpha value is -5.49. The van der Waals surface area contributed by atoms with Gasteiger partial charge in [-0.25, -0.2) is 15.0 Å². The van der Waals surface area contributed by atoms with Crippen LogP contribution in [0, 0.1) is 0 Å². The third kappa shape index (κ3) is 2.52. The van der Waals surface area contributed by atoms with Crippen LogP contribution in [0.25, 0.3) is 98.3 Å². The normalized spacial score (nSPS) is 12.6. The molecule has 0 saturated heterocycles. The molecule has 6 nitrogen and oxygen atoms in total. The minimum absolute atomic E-state index is 0.894. The van der Waals surface area contributed by atoms with Gasteiger partial charge in [0.05, 0.1) is 38.6 Å². The van der Waals surface area contributed by atoms with Gasteiger partial charge in [-0.05, 0) is 54.6 Å².